The van der Waals surface area contributed by atoms with E-state index in [2.05, 4.69) is 4.98 Å². The lowest BCUT2D eigenvalue weighted by molar-refractivity contribution is -0.138. The molecule has 4 aromatic rings. The molecule has 0 N–H and O–H groups in total. The lowest BCUT2D eigenvalue weighted by atomic mass is 10.0. The summed E-state index contributed by atoms with van der Waals surface area (Å²) in [6.45, 7) is 0. The number of carbonyl (C=O) groups is 1. The van der Waals surface area contributed by atoms with Gasteiger partial charge in [0.15, 0.2) is 0 Å². The molecule has 0 bridgehead atoms. The number of nitrogens with zero attached hydrogens (tertiary/aromatic N) is 1. The Labute approximate surface area is 152 Å². The van der Waals surface area contributed by atoms with E-state index in [1.165, 1.54) is 12.1 Å². The SMILES string of the molecule is O=C(Oc1ccccc1C(F)(F)F)c1c2ccccc2nc2ccccc12. The van der Waals surface area contributed by atoms with E-state index in [-0.39, 0.29) is 5.56 Å². The maximum Gasteiger partial charge on any atom is 0.419 e. The minimum Gasteiger partial charge on any atom is -0.422 e. The summed E-state index contributed by atoms with van der Waals surface area (Å²) in [6.07, 6.45) is -4.63. The molecule has 0 aliphatic carbocycles. The van der Waals surface area contributed by atoms with Gasteiger partial charge in [-0.05, 0) is 24.3 Å². The van der Waals surface area contributed by atoms with Crippen molar-refractivity contribution in [2.75, 3.05) is 0 Å². The molecule has 0 amide bonds. The minimum absolute atomic E-state index is 0.188. The predicted octanol–water partition coefficient (Wildman–Crippen LogP) is 5.63. The van der Waals surface area contributed by atoms with Crippen molar-refractivity contribution in [1.29, 1.82) is 0 Å². The average molecular weight is 367 g/mol. The van der Waals surface area contributed by atoms with E-state index >= 15 is 0 Å². The number of fused-ring (bicyclic) bond motifs is 2. The van der Waals surface area contributed by atoms with Gasteiger partial charge in [-0.1, -0.05) is 48.5 Å². The van der Waals surface area contributed by atoms with Crippen LogP contribution in [0.25, 0.3) is 21.8 Å². The van der Waals surface area contributed by atoms with Gasteiger partial charge in [0.25, 0.3) is 0 Å². The zero-order chi connectivity index (χ0) is 19.0. The monoisotopic (exact) mass is 367 g/mol. The lowest BCUT2D eigenvalue weighted by Crippen LogP contribution is -2.14. The van der Waals surface area contributed by atoms with Gasteiger partial charge in [0.1, 0.15) is 5.75 Å². The molecule has 1 aromatic heterocycles. The van der Waals surface area contributed by atoms with Crippen molar-refractivity contribution in [3.8, 4) is 5.75 Å². The molecule has 4 rings (SSSR count). The Morgan fingerprint density at radius 3 is 1.89 bits per heavy atom. The number of carbonyl (C=O) groups excluding carboxylic acids is 1. The normalized spacial score (nSPS) is 11.7. The predicted molar refractivity (Wildman–Crippen MR) is 95.7 cm³/mol. The van der Waals surface area contributed by atoms with Gasteiger partial charge in [-0.15, -0.1) is 0 Å². The molecule has 0 saturated heterocycles. The summed E-state index contributed by atoms with van der Waals surface area (Å²) < 4.78 is 44.8. The van der Waals surface area contributed by atoms with Crippen LogP contribution in [-0.2, 0) is 6.18 Å². The summed E-state index contributed by atoms with van der Waals surface area (Å²) in [4.78, 5) is 17.4. The third kappa shape index (κ3) is 3.10. The molecule has 27 heavy (non-hydrogen) atoms. The summed E-state index contributed by atoms with van der Waals surface area (Å²) >= 11 is 0. The van der Waals surface area contributed by atoms with Gasteiger partial charge in [-0.25, -0.2) is 9.78 Å². The van der Waals surface area contributed by atoms with Crippen LogP contribution in [0.3, 0.4) is 0 Å². The van der Waals surface area contributed by atoms with Crippen molar-refractivity contribution in [3.05, 3.63) is 83.9 Å². The van der Waals surface area contributed by atoms with E-state index in [4.69, 9.17) is 4.74 Å². The van der Waals surface area contributed by atoms with Crippen molar-refractivity contribution in [2.45, 2.75) is 6.18 Å². The molecule has 6 heteroatoms. The zero-order valence-electron chi connectivity index (χ0n) is 13.8. The molecule has 0 atom stereocenters. The minimum atomic E-state index is -4.63. The number of hydrogen-bond acceptors (Lipinski definition) is 3. The molecule has 1 heterocycles. The Morgan fingerprint density at radius 2 is 1.30 bits per heavy atom. The largest absolute Gasteiger partial charge is 0.422 e. The summed E-state index contributed by atoms with van der Waals surface area (Å²) in [5, 5.41) is 1.04. The topological polar surface area (TPSA) is 39.2 Å². The number of benzene rings is 3. The molecule has 0 fully saturated rings. The van der Waals surface area contributed by atoms with Crippen molar-refractivity contribution in [3.63, 3.8) is 0 Å². The van der Waals surface area contributed by atoms with Crippen LogP contribution in [0.15, 0.2) is 72.8 Å². The van der Waals surface area contributed by atoms with Gasteiger partial charge in [0, 0.05) is 10.8 Å². The molecule has 0 saturated carbocycles. The Bertz CT molecular complexity index is 1110. The van der Waals surface area contributed by atoms with Crippen LogP contribution in [0.1, 0.15) is 15.9 Å². The highest BCUT2D eigenvalue weighted by Crippen LogP contribution is 2.37. The number of rotatable bonds is 2. The highest BCUT2D eigenvalue weighted by Gasteiger charge is 2.35. The molecule has 0 spiro atoms. The van der Waals surface area contributed by atoms with Crippen LogP contribution >= 0.6 is 0 Å². The second-order valence-corrected chi connectivity index (χ2v) is 5.90. The van der Waals surface area contributed by atoms with E-state index in [1.807, 2.05) is 0 Å². The molecular formula is C21H12F3NO2. The maximum absolute atomic E-state index is 13.2. The van der Waals surface area contributed by atoms with E-state index in [0.29, 0.717) is 21.8 Å². The highest BCUT2D eigenvalue weighted by molar-refractivity contribution is 6.14. The first-order chi connectivity index (χ1) is 12.9. The smallest absolute Gasteiger partial charge is 0.419 e. The number of esters is 1. The molecule has 3 aromatic carbocycles. The third-order valence-electron chi connectivity index (χ3n) is 4.19. The fourth-order valence-corrected chi connectivity index (χ4v) is 3.00. The first kappa shape index (κ1) is 17.0. The number of aromatic nitrogens is 1. The fraction of sp³-hybridized carbons (Fsp3) is 0.0476. The molecule has 0 aliphatic heterocycles. The van der Waals surface area contributed by atoms with E-state index in [0.717, 1.165) is 12.1 Å². The van der Waals surface area contributed by atoms with Crippen LogP contribution in [0.4, 0.5) is 13.2 Å². The van der Waals surface area contributed by atoms with Gasteiger partial charge in [0.2, 0.25) is 0 Å². The first-order valence-corrected chi connectivity index (χ1v) is 8.11. The standard InChI is InChI=1S/C21H12F3NO2/c22-21(23,24)15-9-3-6-12-18(15)27-20(26)19-13-7-1-4-10-16(13)25-17-11-5-2-8-14(17)19/h1-12H. The molecule has 134 valence electrons. The van der Waals surface area contributed by atoms with Crippen LogP contribution in [0.2, 0.25) is 0 Å². The third-order valence-corrected chi connectivity index (χ3v) is 4.19. The van der Waals surface area contributed by atoms with Crippen LogP contribution in [0.5, 0.6) is 5.75 Å². The molecule has 0 radical (unpaired) electrons. The maximum atomic E-state index is 13.2. The number of ether oxygens (including phenoxy) is 1. The van der Waals surface area contributed by atoms with Crippen molar-refractivity contribution >= 4 is 27.8 Å². The van der Waals surface area contributed by atoms with Gasteiger partial charge >= 0.3 is 12.1 Å². The van der Waals surface area contributed by atoms with Crippen molar-refractivity contribution in [1.82, 2.24) is 4.98 Å². The Hall–Kier alpha value is -3.41. The quantitative estimate of drug-likeness (QED) is 0.262. The number of alkyl halides is 3. The number of hydrogen-bond donors (Lipinski definition) is 0. The second-order valence-electron chi connectivity index (χ2n) is 5.90. The molecular weight excluding hydrogens is 355 g/mol. The summed E-state index contributed by atoms with van der Waals surface area (Å²) in [7, 11) is 0. The number of para-hydroxylation sites is 3. The Kier molecular flexibility index (Phi) is 4.03. The number of pyridine rings is 1. The van der Waals surface area contributed by atoms with Crippen LogP contribution in [0, 0.1) is 0 Å². The van der Waals surface area contributed by atoms with Crippen LogP contribution < -0.4 is 4.74 Å². The second kappa shape index (κ2) is 6.39. The van der Waals surface area contributed by atoms with Gasteiger partial charge in [-0.3, -0.25) is 0 Å². The van der Waals surface area contributed by atoms with Crippen LogP contribution in [-0.4, -0.2) is 11.0 Å². The first-order valence-electron chi connectivity index (χ1n) is 8.11. The number of halogens is 3. The fourth-order valence-electron chi connectivity index (χ4n) is 3.00. The van der Waals surface area contributed by atoms with E-state index in [9.17, 15) is 18.0 Å². The summed E-state index contributed by atoms with van der Waals surface area (Å²) in [6, 6.07) is 18.5. The summed E-state index contributed by atoms with van der Waals surface area (Å²) in [5.41, 5.74) is 0.314. The molecule has 0 unspecified atom stereocenters. The van der Waals surface area contributed by atoms with E-state index in [1.54, 1.807) is 48.5 Å². The van der Waals surface area contributed by atoms with Gasteiger partial charge < -0.3 is 4.74 Å². The highest BCUT2D eigenvalue weighted by atomic mass is 19.4. The van der Waals surface area contributed by atoms with Gasteiger partial charge in [0.05, 0.1) is 22.2 Å². The van der Waals surface area contributed by atoms with Crippen molar-refractivity contribution < 1.29 is 22.7 Å². The Balaban J connectivity index is 1.89. The molecule has 0 aliphatic rings. The summed E-state index contributed by atoms with van der Waals surface area (Å²) in [5.74, 6) is -1.39. The average Bonchev–Trinajstić information content (AvgIpc) is 2.65. The Morgan fingerprint density at radius 1 is 0.778 bits per heavy atom. The zero-order valence-corrected chi connectivity index (χ0v) is 13.8. The van der Waals surface area contributed by atoms with E-state index < -0.39 is 23.5 Å². The molecule has 3 nitrogen and oxygen atoms in total. The lowest BCUT2D eigenvalue weighted by Gasteiger charge is -2.14. The van der Waals surface area contributed by atoms with Crippen molar-refractivity contribution in [2.24, 2.45) is 0 Å². The van der Waals surface area contributed by atoms with Gasteiger partial charge in [-0.2, -0.15) is 13.2 Å².